The van der Waals surface area contributed by atoms with Crippen molar-refractivity contribution >= 4 is 5.91 Å². The molecule has 5 rings (SSSR count). The summed E-state index contributed by atoms with van der Waals surface area (Å²) >= 11 is 0. The maximum absolute atomic E-state index is 12.5. The number of rotatable bonds is 6. The molecule has 0 spiro atoms. The van der Waals surface area contributed by atoms with Crippen molar-refractivity contribution in [2.45, 2.75) is 25.3 Å². The normalized spacial score (nSPS) is 18.0. The van der Waals surface area contributed by atoms with Crippen molar-refractivity contribution in [3.8, 4) is 34.0 Å². The highest BCUT2D eigenvalue weighted by molar-refractivity contribution is 5.94. The molecule has 32 heavy (non-hydrogen) atoms. The predicted molar refractivity (Wildman–Crippen MR) is 123 cm³/mol. The van der Waals surface area contributed by atoms with Gasteiger partial charge < -0.3 is 19.7 Å². The lowest BCUT2D eigenvalue weighted by Crippen LogP contribution is -2.31. The zero-order valence-electron chi connectivity index (χ0n) is 18.3. The maximum atomic E-state index is 12.5. The lowest BCUT2D eigenvalue weighted by molar-refractivity contribution is 0.0950. The molecule has 0 radical (unpaired) electrons. The van der Waals surface area contributed by atoms with Crippen LogP contribution in [0.5, 0.6) is 11.5 Å². The van der Waals surface area contributed by atoms with Crippen molar-refractivity contribution in [1.82, 2.24) is 20.4 Å². The molecule has 0 saturated carbocycles. The monoisotopic (exact) mass is 432 g/mol. The summed E-state index contributed by atoms with van der Waals surface area (Å²) in [6, 6.07) is 16.0. The number of ether oxygens (including phenoxy) is 2. The van der Waals surface area contributed by atoms with E-state index >= 15 is 0 Å². The standard InChI is InChI=1S/C25H28N4O3/c1-29-12-2-3-20(29)10-11-26-25(30)18-6-4-17(5-7-18)21-16-22(28-27-21)19-8-9-23-24(15-19)32-14-13-31-23/h4-9,15-16,20H,2-3,10-14H2,1H3,(H,26,30)(H,27,28). The maximum Gasteiger partial charge on any atom is 0.251 e. The Hall–Kier alpha value is -3.32. The Labute approximate surface area is 187 Å². The number of fused-ring (bicyclic) bond motifs is 1. The van der Waals surface area contributed by atoms with Gasteiger partial charge in [0, 0.05) is 23.7 Å². The number of carbonyl (C=O) groups excluding carboxylic acids is 1. The van der Waals surface area contributed by atoms with Crippen molar-refractivity contribution in [3.05, 3.63) is 54.1 Å². The van der Waals surface area contributed by atoms with E-state index in [0.717, 1.165) is 47.0 Å². The molecule has 2 aromatic carbocycles. The number of amides is 1. The Balaban J connectivity index is 1.22. The van der Waals surface area contributed by atoms with Crippen LogP contribution in [-0.2, 0) is 0 Å². The summed E-state index contributed by atoms with van der Waals surface area (Å²) in [6.45, 7) is 2.99. The molecule has 1 unspecified atom stereocenters. The zero-order chi connectivity index (χ0) is 21.9. The summed E-state index contributed by atoms with van der Waals surface area (Å²) < 4.78 is 11.3. The van der Waals surface area contributed by atoms with Crippen LogP contribution in [0.1, 0.15) is 29.6 Å². The fourth-order valence-electron chi connectivity index (χ4n) is 4.42. The molecule has 0 bridgehead atoms. The van der Waals surface area contributed by atoms with Crippen LogP contribution in [0.4, 0.5) is 0 Å². The lowest BCUT2D eigenvalue weighted by Gasteiger charge is -2.19. The van der Waals surface area contributed by atoms with Crippen molar-refractivity contribution < 1.29 is 14.3 Å². The minimum atomic E-state index is -0.0289. The Morgan fingerprint density at radius 1 is 1.09 bits per heavy atom. The number of nitrogens with one attached hydrogen (secondary N) is 2. The number of likely N-dealkylation sites (tertiary alicyclic amines) is 1. The van der Waals surface area contributed by atoms with Crippen molar-refractivity contribution in [2.24, 2.45) is 0 Å². The van der Waals surface area contributed by atoms with Crippen molar-refractivity contribution in [3.63, 3.8) is 0 Å². The van der Waals surface area contributed by atoms with E-state index in [2.05, 4.69) is 27.5 Å². The SMILES string of the molecule is CN1CCCC1CCNC(=O)c1ccc(-c2cc(-c3ccc4c(c3)OCCO4)n[nH]2)cc1. The largest absolute Gasteiger partial charge is 0.486 e. The Kier molecular flexibility index (Phi) is 5.81. The van der Waals surface area contributed by atoms with Crippen molar-refractivity contribution in [2.75, 3.05) is 33.4 Å². The van der Waals surface area contributed by atoms with Gasteiger partial charge in [-0.05, 0) is 74.8 Å². The molecule has 1 amide bonds. The molecule has 3 aromatic rings. The third-order valence-electron chi connectivity index (χ3n) is 6.31. The van der Waals surface area contributed by atoms with Gasteiger partial charge >= 0.3 is 0 Å². The van der Waals surface area contributed by atoms with Gasteiger partial charge in [0.15, 0.2) is 11.5 Å². The van der Waals surface area contributed by atoms with Gasteiger partial charge in [0.25, 0.3) is 5.91 Å². The summed E-state index contributed by atoms with van der Waals surface area (Å²) in [7, 11) is 2.16. The van der Waals surface area contributed by atoms with E-state index in [4.69, 9.17) is 9.47 Å². The Bertz CT molecular complexity index is 1090. The number of hydrogen-bond acceptors (Lipinski definition) is 5. The number of aromatic amines is 1. The van der Waals surface area contributed by atoms with Gasteiger partial charge in [-0.2, -0.15) is 5.10 Å². The van der Waals surface area contributed by atoms with Gasteiger partial charge in [-0.25, -0.2) is 0 Å². The number of carbonyl (C=O) groups is 1. The summed E-state index contributed by atoms with van der Waals surface area (Å²) in [5.74, 6) is 1.48. The predicted octanol–water partition coefficient (Wildman–Crippen LogP) is 3.73. The quantitative estimate of drug-likeness (QED) is 0.621. The molecule has 7 nitrogen and oxygen atoms in total. The highest BCUT2D eigenvalue weighted by Crippen LogP contribution is 2.34. The van der Waals surface area contributed by atoms with Crippen LogP contribution in [0.15, 0.2) is 48.5 Å². The highest BCUT2D eigenvalue weighted by atomic mass is 16.6. The Morgan fingerprint density at radius 2 is 1.88 bits per heavy atom. The number of benzene rings is 2. The van der Waals surface area contributed by atoms with Crippen LogP contribution < -0.4 is 14.8 Å². The molecule has 2 aliphatic heterocycles. The number of aromatic nitrogens is 2. The number of H-pyrrole nitrogens is 1. The molecular formula is C25H28N4O3. The van der Waals surface area contributed by atoms with Crippen LogP contribution >= 0.6 is 0 Å². The smallest absolute Gasteiger partial charge is 0.251 e. The van der Waals surface area contributed by atoms with E-state index in [1.54, 1.807) is 0 Å². The first-order valence-corrected chi connectivity index (χ1v) is 11.2. The molecule has 166 valence electrons. The molecule has 1 aromatic heterocycles. The molecule has 0 aliphatic carbocycles. The molecule has 3 heterocycles. The second-order valence-corrected chi connectivity index (χ2v) is 8.42. The Morgan fingerprint density at radius 3 is 2.66 bits per heavy atom. The van der Waals surface area contributed by atoms with Gasteiger partial charge in [0.2, 0.25) is 0 Å². The van der Waals surface area contributed by atoms with Gasteiger partial charge in [0.05, 0.1) is 11.4 Å². The first-order chi connectivity index (χ1) is 15.7. The van der Waals surface area contributed by atoms with Gasteiger partial charge in [-0.15, -0.1) is 0 Å². The van der Waals surface area contributed by atoms with E-state index in [0.29, 0.717) is 31.4 Å². The molecule has 2 N–H and O–H groups in total. The third kappa shape index (κ3) is 4.34. The fourth-order valence-corrected chi connectivity index (χ4v) is 4.42. The first-order valence-electron chi connectivity index (χ1n) is 11.2. The summed E-state index contributed by atoms with van der Waals surface area (Å²) in [5, 5.41) is 10.6. The van der Waals surface area contributed by atoms with Gasteiger partial charge in [-0.1, -0.05) is 12.1 Å². The minimum Gasteiger partial charge on any atom is -0.486 e. The van der Waals surface area contributed by atoms with E-state index in [-0.39, 0.29) is 5.91 Å². The molecule has 1 fully saturated rings. The average Bonchev–Trinajstić information content (AvgIpc) is 3.48. The number of nitrogens with zero attached hydrogens (tertiary/aromatic N) is 2. The summed E-state index contributed by atoms with van der Waals surface area (Å²) in [4.78, 5) is 14.9. The second-order valence-electron chi connectivity index (χ2n) is 8.42. The third-order valence-corrected chi connectivity index (χ3v) is 6.31. The molecule has 7 heteroatoms. The van der Waals surface area contributed by atoms with Crippen LogP contribution in [-0.4, -0.2) is 60.4 Å². The van der Waals surface area contributed by atoms with E-state index < -0.39 is 0 Å². The van der Waals surface area contributed by atoms with E-state index in [1.165, 1.54) is 12.8 Å². The van der Waals surface area contributed by atoms with E-state index in [9.17, 15) is 4.79 Å². The highest BCUT2D eigenvalue weighted by Gasteiger charge is 2.20. The topological polar surface area (TPSA) is 79.5 Å². The summed E-state index contributed by atoms with van der Waals surface area (Å²) in [5.41, 5.74) is 4.33. The number of hydrogen-bond donors (Lipinski definition) is 2. The average molecular weight is 433 g/mol. The molecule has 1 atom stereocenters. The molecular weight excluding hydrogens is 404 g/mol. The lowest BCUT2D eigenvalue weighted by atomic mass is 10.1. The first kappa shape index (κ1) is 20.6. The van der Waals surface area contributed by atoms with Gasteiger partial charge in [0.1, 0.15) is 13.2 Å². The molecule has 1 saturated heterocycles. The van der Waals surface area contributed by atoms with Crippen LogP contribution in [0.2, 0.25) is 0 Å². The molecule has 2 aliphatic rings. The van der Waals surface area contributed by atoms with Gasteiger partial charge in [-0.3, -0.25) is 9.89 Å². The van der Waals surface area contributed by atoms with Crippen LogP contribution in [0.3, 0.4) is 0 Å². The van der Waals surface area contributed by atoms with Crippen LogP contribution in [0.25, 0.3) is 22.5 Å². The van der Waals surface area contributed by atoms with Crippen molar-refractivity contribution in [1.29, 1.82) is 0 Å². The summed E-state index contributed by atoms with van der Waals surface area (Å²) in [6.07, 6.45) is 3.47. The zero-order valence-corrected chi connectivity index (χ0v) is 18.3. The second kappa shape index (κ2) is 9.04. The fraction of sp³-hybridized carbons (Fsp3) is 0.360. The van der Waals surface area contributed by atoms with Crippen LogP contribution in [0, 0.1) is 0 Å². The van der Waals surface area contributed by atoms with E-state index in [1.807, 2.05) is 48.5 Å². The minimum absolute atomic E-state index is 0.0289.